The number of rotatable bonds is 5. The van der Waals surface area contributed by atoms with E-state index in [9.17, 15) is 9.90 Å². The SMILES string of the molecule is Cc1nn(CC(O)COc2ccc3c4c(c(=O)oc3c2)CCC4)c(C)c1Cl. The van der Waals surface area contributed by atoms with E-state index in [1.54, 1.807) is 10.7 Å². The summed E-state index contributed by atoms with van der Waals surface area (Å²) < 4.78 is 12.8. The fraction of sp³-hybridized carbons (Fsp3) is 0.400. The van der Waals surface area contributed by atoms with Crippen LogP contribution in [0.4, 0.5) is 0 Å². The van der Waals surface area contributed by atoms with Gasteiger partial charge in [-0.25, -0.2) is 4.79 Å². The first-order valence-corrected chi connectivity index (χ1v) is 9.41. The zero-order chi connectivity index (χ0) is 19.1. The summed E-state index contributed by atoms with van der Waals surface area (Å²) in [6.07, 6.45) is 1.93. The Labute approximate surface area is 161 Å². The minimum Gasteiger partial charge on any atom is -0.491 e. The van der Waals surface area contributed by atoms with Crippen molar-refractivity contribution in [2.75, 3.05) is 6.61 Å². The molecule has 0 fully saturated rings. The summed E-state index contributed by atoms with van der Waals surface area (Å²) in [6, 6.07) is 5.47. The number of aromatic nitrogens is 2. The number of fused-ring (bicyclic) bond motifs is 3. The van der Waals surface area contributed by atoms with Crippen LogP contribution in [0.15, 0.2) is 27.4 Å². The molecule has 4 rings (SSSR count). The van der Waals surface area contributed by atoms with Crippen LogP contribution in [0.3, 0.4) is 0 Å². The molecule has 1 atom stereocenters. The Kier molecular flexibility index (Phi) is 4.70. The Balaban J connectivity index is 1.48. The molecule has 2 aromatic heterocycles. The van der Waals surface area contributed by atoms with Gasteiger partial charge in [-0.2, -0.15) is 5.10 Å². The third-order valence-corrected chi connectivity index (χ3v) is 5.61. The largest absolute Gasteiger partial charge is 0.491 e. The maximum absolute atomic E-state index is 12.1. The molecule has 7 heteroatoms. The number of halogens is 1. The lowest BCUT2D eigenvalue weighted by molar-refractivity contribution is 0.0887. The van der Waals surface area contributed by atoms with E-state index in [0.717, 1.165) is 47.2 Å². The van der Waals surface area contributed by atoms with E-state index in [1.807, 2.05) is 26.0 Å². The Morgan fingerprint density at radius 1 is 1.33 bits per heavy atom. The second-order valence-electron chi connectivity index (χ2n) is 6.99. The van der Waals surface area contributed by atoms with Crippen molar-refractivity contribution in [3.05, 3.63) is 56.2 Å². The quantitative estimate of drug-likeness (QED) is 0.679. The number of hydrogen-bond acceptors (Lipinski definition) is 5. The number of aliphatic hydroxyl groups is 1. The van der Waals surface area contributed by atoms with E-state index in [0.29, 0.717) is 16.4 Å². The van der Waals surface area contributed by atoms with E-state index in [2.05, 4.69) is 5.10 Å². The van der Waals surface area contributed by atoms with Gasteiger partial charge in [0.2, 0.25) is 0 Å². The smallest absolute Gasteiger partial charge is 0.339 e. The van der Waals surface area contributed by atoms with Crippen LogP contribution in [0.5, 0.6) is 5.75 Å². The van der Waals surface area contributed by atoms with Crippen molar-refractivity contribution in [2.45, 2.75) is 45.8 Å². The summed E-state index contributed by atoms with van der Waals surface area (Å²) in [6.45, 7) is 4.07. The van der Waals surface area contributed by atoms with Gasteiger partial charge >= 0.3 is 5.63 Å². The third kappa shape index (κ3) is 3.35. The number of aryl methyl sites for hydroxylation is 2. The summed E-state index contributed by atoms with van der Waals surface area (Å²) >= 11 is 6.13. The average molecular weight is 389 g/mol. The molecule has 1 N–H and O–H groups in total. The highest BCUT2D eigenvalue weighted by atomic mass is 35.5. The van der Waals surface area contributed by atoms with Crippen molar-refractivity contribution in [3.63, 3.8) is 0 Å². The van der Waals surface area contributed by atoms with Crippen molar-refractivity contribution >= 4 is 22.6 Å². The number of ether oxygens (including phenoxy) is 1. The standard InChI is InChI=1S/C20H21ClN2O4/c1-11-19(21)12(2)23(22-11)9-13(24)10-26-14-6-7-16-15-4-3-5-17(15)20(25)27-18(16)8-14/h6-8,13,24H,3-5,9-10H2,1-2H3. The van der Waals surface area contributed by atoms with Crippen molar-refractivity contribution in [1.29, 1.82) is 0 Å². The maximum Gasteiger partial charge on any atom is 0.339 e. The van der Waals surface area contributed by atoms with Gasteiger partial charge in [-0.15, -0.1) is 0 Å². The molecular weight excluding hydrogens is 368 g/mol. The van der Waals surface area contributed by atoms with Crippen LogP contribution in [0, 0.1) is 13.8 Å². The molecular formula is C20H21ClN2O4. The molecule has 3 aromatic rings. The van der Waals surface area contributed by atoms with Gasteiger partial charge in [-0.05, 0) is 50.8 Å². The number of hydrogen-bond donors (Lipinski definition) is 1. The molecule has 1 aromatic carbocycles. The molecule has 0 spiro atoms. The highest BCUT2D eigenvalue weighted by Crippen LogP contribution is 2.29. The van der Waals surface area contributed by atoms with E-state index in [1.165, 1.54) is 0 Å². The Hall–Kier alpha value is -2.31. The van der Waals surface area contributed by atoms with Crippen molar-refractivity contribution in [2.24, 2.45) is 0 Å². The summed E-state index contributed by atoms with van der Waals surface area (Å²) in [7, 11) is 0. The molecule has 0 saturated carbocycles. The fourth-order valence-corrected chi connectivity index (χ4v) is 3.79. The molecule has 1 aliphatic carbocycles. The first-order chi connectivity index (χ1) is 12.9. The molecule has 6 nitrogen and oxygen atoms in total. The Morgan fingerprint density at radius 2 is 2.11 bits per heavy atom. The zero-order valence-electron chi connectivity index (χ0n) is 15.3. The monoisotopic (exact) mass is 388 g/mol. The maximum atomic E-state index is 12.1. The van der Waals surface area contributed by atoms with Crippen molar-refractivity contribution in [1.82, 2.24) is 9.78 Å². The normalized spacial score (nSPS) is 14.5. The third-order valence-electron chi connectivity index (χ3n) is 5.06. The highest BCUT2D eigenvalue weighted by Gasteiger charge is 2.20. The van der Waals surface area contributed by atoms with Crippen LogP contribution in [-0.2, 0) is 19.4 Å². The topological polar surface area (TPSA) is 77.5 Å². The lowest BCUT2D eigenvalue weighted by Crippen LogP contribution is -2.24. The Morgan fingerprint density at radius 3 is 2.85 bits per heavy atom. The van der Waals surface area contributed by atoms with Gasteiger partial charge in [0.1, 0.15) is 24.0 Å². The van der Waals surface area contributed by atoms with Crippen LogP contribution < -0.4 is 10.4 Å². The predicted molar refractivity (Wildman–Crippen MR) is 103 cm³/mol. The fourth-order valence-electron chi connectivity index (χ4n) is 3.65. The highest BCUT2D eigenvalue weighted by molar-refractivity contribution is 6.31. The lowest BCUT2D eigenvalue weighted by Gasteiger charge is -2.14. The van der Waals surface area contributed by atoms with Gasteiger partial charge in [0.15, 0.2) is 0 Å². The van der Waals surface area contributed by atoms with Crippen LogP contribution in [0.1, 0.15) is 28.9 Å². The van der Waals surface area contributed by atoms with Gasteiger partial charge < -0.3 is 14.3 Å². The summed E-state index contributed by atoms with van der Waals surface area (Å²) in [5.41, 5.74) is 3.71. The number of aliphatic hydroxyl groups excluding tert-OH is 1. The number of nitrogens with zero attached hydrogens (tertiary/aromatic N) is 2. The minimum atomic E-state index is -0.748. The second-order valence-corrected chi connectivity index (χ2v) is 7.37. The van der Waals surface area contributed by atoms with Crippen LogP contribution in [0.25, 0.3) is 11.0 Å². The molecule has 0 radical (unpaired) electrons. The van der Waals surface area contributed by atoms with Gasteiger partial charge in [-0.3, -0.25) is 4.68 Å². The lowest BCUT2D eigenvalue weighted by atomic mass is 10.1. The second kappa shape index (κ2) is 7.02. The Bertz CT molecular complexity index is 1070. The zero-order valence-corrected chi connectivity index (χ0v) is 16.0. The van der Waals surface area contributed by atoms with Gasteiger partial charge in [0.25, 0.3) is 0 Å². The molecule has 142 valence electrons. The van der Waals surface area contributed by atoms with Crippen LogP contribution >= 0.6 is 11.6 Å². The molecule has 1 unspecified atom stereocenters. The first kappa shape index (κ1) is 18.1. The predicted octanol–water partition coefficient (Wildman–Crippen LogP) is 3.19. The summed E-state index contributed by atoms with van der Waals surface area (Å²) in [5.74, 6) is 0.550. The molecule has 1 aliphatic rings. The molecule has 2 heterocycles. The van der Waals surface area contributed by atoms with Crippen LogP contribution in [-0.4, -0.2) is 27.6 Å². The van der Waals surface area contributed by atoms with E-state index in [-0.39, 0.29) is 18.8 Å². The van der Waals surface area contributed by atoms with E-state index < -0.39 is 6.10 Å². The van der Waals surface area contributed by atoms with E-state index >= 15 is 0 Å². The first-order valence-electron chi connectivity index (χ1n) is 9.03. The van der Waals surface area contributed by atoms with E-state index in [4.69, 9.17) is 20.8 Å². The van der Waals surface area contributed by atoms with Gasteiger partial charge in [-0.1, -0.05) is 11.6 Å². The molecule has 0 saturated heterocycles. The minimum absolute atomic E-state index is 0.0939. The summed E-state index contributed by atoms with van der Waals surface area (Å²) in [5, 5.41) is 16.2. The molecule has 0 bridgehead atoms. The van der Waals surface area contributed by atoms with Gasteiger partial charge in [0, 0.05) is 17.0 Å². The summed E-state index contributed by atoms with van der Waals surface area (Å²) in [4.78, 5) is 12.1. The van der Waals surface area contributed by atoms with Gasteiger partial charge in [0.05, 0.1) is 23.0 Å². The molecule has 27 heavy (non-hydrogen) atoms. The average Bonchev–Trinajstić information content (AvgIpc) is 3.22. The molecule has 0 aliphatic heterocycles. The van der Waals surface area contributed by atoms with Crippen molar-refractivity contribution < 1.29 is 14.3 Å². The van der Waals surface area contributed by atoms with Crippen LogP contribution in [0.2, 0.25) is 5.02 Å². The van der Waals surface area contributed by atoms with Crippen molar-refractivity contribution in [3.8, 4) is 5.75 Å². The molecule has 0 amide bonds. The number of benzene rings is 1.